The molecule has 0 fully saturated rings. The highest BCUT2D eigenvalue weighted by molar-refractivity contribution is 5.79. The molecule has 0 saturated carbocycles. The second kappa shape index (κ2) is 9.38. The lowest BCUT2D eigenvalue weighted by Gasteiger charge is -2.14. The Morgan fingerprint density at radius 3 is 2.21 bits per heavy atom. The van der Waals surface area contributed by atoms with Gasteiger partial charge in [-0.25, -0.2) is 0 Å². The fourth-order valence-corrected chi connectivity index (χ4v) is 3.24. The van der Waals surface area contributed by atoms with Crippen LogP contribution in [0.2, 0.25) is 0 Å². The largest absolute Gasteiger partial charge is 0.497 e. The summed E-state index contributed by atoms with van der Waals surface area (Å²) in [6, 6.07) is 17.1. The van der Waals surface area contributed by atoms with Gasteiger partial charge in [0.05, 0.1) is 19.6 Å². The van der Waals surface area contributed by atoms with Crippen molar-refractivity contribution in [1.82, 2.24) is 0 Å². The highest BCUT2D eigenvalue weighted by Gasteiger charge is 2.40. The van der Waals surface area contributed by atoms with Gasteiger partial charge in [-0.05, 0) is 42.0 Å². The van der Waals surface area contributed by atoms with Gasteiger partial charge in [0.15, 0.2) is 0 Å². The Balaban J connectivity index is 1.70. The molecular formula is C25H19F3O6. The maximum Gasteiger partial charge on any atom is 0.453 e. The minimum absolute atomic E-state index is 0.00487. The second-order valence-corrected chi connectivity index (χ2v) is 7.17. The van der Waals surface area contributed by atoms with E-state index in [2.05, 4.69) is 0 Å². The van der Waals surface area contributed by atoms with Gasteiger partial charge in [0, 0.05) is 12.1 Å². The van der Waals surface area contributed by atoms with Crippen LogP contribution >= 0.6 is 0 Å². The molecule has 0 N–H and O–H groups in total. The zero-order chi connectivity index (χ0) is 24.3. The fraction of sp³-hybridized carbons (Fsp3) is 0.160. The summed E-state index contributed by atoms with van der Waals surface area (Å²) in [6.45, 7) is 0.135. The number of alkyl halides is 3. The Kier molecular flexibility index (Phi) is 6.36. The molecular weight excluding hydrogens is 453 g/mol. The summed E-state index contributed by atoms with van der Waals surface area (Å²) in [7, 11) is 2.94. The van der Waals surface area contributed by atoms with E-state index < -0.39 is 23.1 Å². The highest BCUT2D eigenvalue weighted by Crippen LogP contribution is 2.39. The molecule has 3 aromatic carbocycles. The van der Waals surface area contributed by atoms with E-state index in [0.29, 0.717) is 11.5 Å². The molecule has 0 aliphatic carbocycles. The molecule has 0 atom stereocenters. The van der Waals surface area contributed by atoms with Crippen molar-refractivity contribution < 1.29 is 36.5 Å². The minimum atomic E-state index is -4.97. The van der Waals surface area contributed by atoms with E-state index in [-0.39, 0.29) is 29.1 Å². The highest BCUT2D eigenvalue weighted by atomic mass is 19.4. The number of benzene rings is 3. The first-order chi connectivity index (χ1) is 16.3. The number of rotatable bonds is 7. The van der Waals surface area contributed by atoms with Gasteiger partial charge in [0.2, 0.25) is 11.2 Å². The third-order valence-electron chi connectivity index (χ3n) is 4.88. The smallest absolute Gasteiger partial charge is 0.453 e. The Morgan fingerprint density at radius 1 is 0.824 bits per heavy atom. The fourth-order valence-electron chi connectivity index (χ4n) is 3.24. The molecule has 176 valence electrons. The SMILES string of the molecule is COc1cccc(COc2ccc3c(=O)c(Oc4cccc(OC)c4)c(C(F)(F)F)oc3c2)c1. The van der Waals surface area contributed by atoms with Crippen molar-refractivity contribution in [3.8, 4) is 28.7 Å². The molecule has 34 heavy (non-hydrogen) atoms. The molecule has 0 amide bonds. The molecule has 1 heterocycles. The van der Waals surface area contributed by atoms with E-state index in [4.69, 9.17) is 23.4 Å². The topological polar surface area (TPSA) is 67.1 Å². The quantitative estimate of drug-likeness (QED) is 0.319. The molecule has 0 spiro atoms. The molecule has 4 aromatic rings. The summed E-state index contributed by atoms with van der Waals surface area (Å²) in [5.41, 5.74) is -0.451. The number of ether oxygens (including phenoxy) is 4. The van der Waals surface area contributed by atoms with E-state index in [0.717, 1.165) is 5.56 Å². The van der Waals surface area contributed by atoms with Crippen molar-refractivity contribution in [1.29, 1.82) is 0 Å². The zero-order valence-electron chi connectivity index (χ0n) is 18.1. The average Bonchev–Trinajstić information content (AvgIpc) is 2.83. The van der Waals surface area contributed by atoms with Crippen LogP contribution in [0.3, 0.4) is 0 Å². The Bertz CT molecular complexity index is 1380. The molecule has 0 aliphatic rings. The van der Waals surface area contributed by atoms with Gasteiger partial charge in [-0.2, -0.15) is 13.2 Å². The molecule has 0 radical (unpaired) electrons. The van der Waals surface area contributed by atoms with Gasteiger partial charge >= 0.3 is 6.18 Å². The molecule has 0 aliphatic heterocycles. The summed E-state index contributed by atoms with van der Waals surface area (Å²) in [5, 5.41) is -0.0837. The van der Waals surface area contributed by atoms with Crippen molar-refractivity contribution in [2.24, 2.45) is 0 Å². The van der Waals surface area contributed by atoms with Crippen LogP contribution in [0.25, 0.3) is 11.0 Å². The molecule has 9 heteroatoms. The number of hydrogen-bond donors (Lipinski definition) is 0. The Hall–Kier alpha value is -4.14. The van der Waals surface area contributed by atoms with Gasteiger partial charge in [0.1, 0.15) is 35.2 Å². The van der Waals surface area contributed by atoms with Crippen LogP contribution in [0, 0.1) is 0 Å². The zero-order valence-corrected chi connectivity index (χ0v) is 18.1. The first-order valence-corrected chi connectivity index (χ1v) is 10.0. The predicted molar refractivity (Wildman–Crippen MR) is 118 cm³/mol. The van der Waals surface area contributed by atoms with Crippen molar-refractivity contribution in [3.05, 3.63) is 88.3 Å². The number of methoxy groups -OCH3 is 2. The van der Waals surface area contributed by atoms with E-state index >= 15 is 0 Å². The maximum absolute atomic E-state index is 13.8. The summed E-state index contributed by atoms with van der Waals surface area (Å²) in [4.78, 5) is 12.9. The lowest BCUT2D eigenvalue weighted by atomic mass is 10.2. The lowest BCUT2D eigenvalue weighted by molar-refractivity contribution is -0.154. The molecule has 6 nitrogen and oxygen atoms in total. The van der Waals surface area contributed by atoms with Crippen LogP contribution in [0.15, 0.2) is 75.9 Å². The first-order valence-electron chi connectivity index (χ1n) is 10.0. The van der Waals surface area contributed by atoms with Crippen LogP contribution in [-0.2, 0) is 12.8 Å². The normalized spacial score (nSPS) is 11.3. The van der Waals surface area contributed by atoms with Crippen LogP contribution in [-0.4, -0.2) is 14.2 Å². The van der Waals surface area contributed by atoms with Gasteiger partial charge < -0.3 is 23.4 Å². The van der Waals surface area contributed by atoms with Gasteiger partial charge in [-0.3, -0.25) is 4.79 Å². The Labute approximate surface area is 192 Å². The van der Waals surface area contributed by atoms with Crippen LogP contribution in [0.1, 0.15) is 11.3 Å². The third-order valence-corrected chi connectivity index (χ3v) is 4.88. The molecule has 1 aromatic heterocycles. The second-order valence-electron chi connectivity index (χ2n) is 7.17. The van der Waals surface area contributed by atoms with Crippen molar-refractivity contribution >= 4 is 11.0 Å². The lowest BCUT2D eigenvalue weighted by Crippen LogP contribution is -2.15. The number of fused-ring (bicyclic) bond motifs is 1. The predicted octanol–water partition coefficient (Wildman–Crippen LogP) is 6.20. The van der Waals surface area contributed by atoms with E-state index in [9.17, 15) is 18.0 Å². The van der Waals surface area contributed by atoms with Crippen molar-refractivity contribution in [2.45, 2.75) is 12.8 Å². The monoisotopic (exact) mass is 472 g/mol. The summed E-state index contributed by atoms with van der Waals surface area (Å²) >= 11 is 0. The standard InChI is InChI=1S/C25H19F3O6/c1-30-16-6-3-5-15(11-16)14-32-18-9-10-20-21(13-18)34-24(25(26,27)28)23(22(20)29)33-19-8-4-7-17(12-19)31-2/h3-13H,14H2,1-2H3. The number of halogens is 3. The first kappa shape index (κ1) is 23.0. The van der Waals surface area contributed by atoms with E-state index in [1.807, 2.05) is 6.07 Å². The van der Waals surface area contributed by atoms with Crippen molar-refractivity contribution in [2.75, 3.05) is 14.2 Å². The van der Waals surface area contributed by atoms with Gasteiger partial charge in [0.25, 0.3) is 5.76 Å². The summed E-state index contributed by atoms with van der Waals surface area (Å²) in [5.74, 6) is -1.28. The van der Waals surface area contributed by atoms with E-state index in [1.54, 1.807) is 24.3 Å². The van der Waals surface area contributed by atoms with Crippen LogP contribution in [0.5, 0.6) is 28.7 Å². The molecule has 4 rings (SSSR count). The van der Waals surface area contributed by atoms with Crippen LogP contribution < -0.4 is 24.4 Å². The third kappa shape index (κ3) is 4.93. The van der Waals surface area contributed by atoms with Gasteiger partial charge in [-0.1, -0.05) is 18.2 Å². The number of hydrogen-bond acceptors (Lipinski definition) is 6. The Morgan fingerprint density at radius 2 is 1.50 bits per heavy atom. The van der Waals surface area contributed by atoms with Crippen LogP contribution in [0.4, 0.5) is 13.2 Å². The average molecular weight is 472 g/mol. The molecule has 0 unspecified atom stereocenters. The molecule has 0 saturated heterocycles. The van der Waals surface area contributed by atoms with Gasteiger partial charge in [-0.15, -0.1) is 0 Å². The van der Waals surface area contributed by atoms with E-state index in [1.165, 1.54) is 50.6 Å². The van der Waals surface area contributed by atoms with Crippen molar-refractivity contribution in [3.63, 3.8) is 0 Å². The maximum atomic E-state index is 13.8. The summed E-state index contributed by atoms with van der Waals surface area (Å²) < 4.78 is 67.6. The minimum Gasteiger partial charge on any atom is -0.497 e. The molecule has 0 bridgehead atoms. The summed E-state index contributed by atoms with van der Waals surface area (Å²) in [6.07, 6.45) is -4.97.